The van der Waals surface area contributed by atoms with E-state index in [1.54, 1.807) is 12.1 Å². The summed E-state index contributed by atoms with van der Waals surface area (Å²) in [6, 6.07) is 7.29. The Balaban J connectivity index is 1.51. The van der Waals surface area contributed by atoms with Gasteiger partial charge in [-0.05, 0) is 99.7 Å². The van der Waals surface area contributed by atoms with Gasteiger partial charge in [-0.3, -0.25) is 0 Å². The summed E-state index contributed by atoms with van der Waals surface area (Å²) in [6.45, 7) is 1.36. The Bertz CT molecular complexity index is 1250. The molecule has 0 heterocycles. The molecule has 2 fully saturated rings. The molecule has 2 saturated carbocycles. The second-order valence-electron chi connectivity index (χ2n) is 8.77. The molecule has 12 heteroatoms. The van der Waals surface area contributed by atoms with Gasteiger partial charge in [-0.25, -0.2) is 17.9 Å². The number of hydrogen-bond donors (Lipinski definition) is 3. The lowest BCUT2D eigenvalue weighted by molar-refractivity contribution is -0.149. The number of fused-ring (bicyclic) bond motifs is 2. The molecule has 1 unspecified atom stereocenters. The highest BCUT2D eigenvalue weighted by Gasteiger charge is 2.41. The van der Waals surface area contributed by atoms with Gasteiger partial charge < -0.3 is 19.8 Å². The standard InChI is InChI=1S/C23H24Br2N2O7S/c1-12(23(29)30)34-26-11-14-7-17(24)22(18(25)8-14)33-16-4-5-20(28)21(10-16)35(31,32)27-19-9-13-2-3-15(19)6-13/h4-5,7-8,10-13,15,19,27-28H,2-3,6,9H2,1H3,(H,29,30)/b26-11-/t12?,13-,15+,19+/m0/s1. The SMILES string of the molecule is CC(O/N=C\c1cc(Br)c(Oc2ccc(O)c(S(=O)(=O)N[C@@H]3C[C@H]4CC[C@@H]3C4)c2)c(Br)c1)C(=O)O. The quantitative estimate of drug-likeness (QED) is 0.262. The molecule has 188 valence electrons. The van der Waals surface area contributed by atoms with Gasteiger partial charge >= 0.3 is 5.97 Å². The van der Waals surface area contributed by atoms with Crippen molar-refractivity contribution in [3.8, 4) is 17.2 Å². The van der Waals surface area contributed by atoms with Crippen LogP contribution in [0.1, 0.15) is 38.2 Å². The normalized spacial score (nSPS) is 22.4. The topological polar surface area (TPSA) is 135 Å². The van der Waals surface area contributed by atoms with Crippen molar-refractivity contribution in [2.75, 3.05) is 0 Å². The Labute approximate surface area is 219 Å². The number of aromatic hydroxyl groups is 1. The number of sulfonamides is 1. The average molecular weight is 632 g/mol. The van der Waals surface area contributed by atoms with Gasteiger partial charge in [0.15, 0.2) is 5.75 Å². The number of hydrogen-bond acceptors (Lipinski definition) is 7. The van der Waals surface area contributed by atoms with E-state index in [2.05, 4.69) is 41.7 Å². The summed E-state index contributed by atoms with van der Waals surface area (Å²) in [5.41, 5.74) is 0.595. The summed E-state index contributed by atoms with van der Waals surface area (Å²) in [5.74, 6) is 0.0333. The smallest absolute Gasteiger partial charge is 0.347 e. The van der Waals surface area contributed by atoms with Crippen LogP contribution in [0.4, 0.5) is 0 Å². The summed E-state index contributed by atoms with van der Waals surface area (Å²) >= 11 is 6.83. The van der Waals surface area contributed by atoms with Gasteiger partial charge in [-0.1, -0.05) is 11.6 Å². The predicted octanol–water partition coefficient (Wildman–Crippen LogP) is 5.00. The molecule has 2 aromatic carbocycles. The Hall–Kier alpha value is -2.15. The van der Waals surface area contributed by atoms with E-state index in [0.29, 0.717) is 32.1 Å². The summed E-state index contributed by atoms with van der Waals surface area (Å²) in [6.07, 6.45) is 4.33. The largest absolute Gasteiger partial charge is 0.507 e. The molecular weight excluding hydrogens is 608 g/mol. The maximum atomic E-state index is 13.1. The summed E-state index contributed by atoms with van der Waals surface area (Å²) < 4.78 is 35.9. The van der Waals surface area contributed by atoms with E-state index in [1.165, 1.54) is 31.3 Å². The molecule has 0 saturated heterocycles. The van der Waals surface area contributed by atoms with Crippen LogP contribution in [0.15, 0.2) is 49.3 Å². The third-order valence-corrected chi connectivity index (χ3v) is 8.97. The van der Waals surface area contributed by atoms with Crippen molar-refractivity contribution < 1.29 is 33.0 Å². The second kappa shape index (κ2) is 10.5. The number of oxime groups is 1. The fourth-order valence-electron chi connectivity index (χ4n) is 4.52. The number of carboxylic acid groups (broad SMARTS) is 1. The summed E-state index contributed by atoms with van der Waals surface area (Å²) in [4.78, 5) is 15.4. The number of aliphatic carboxylic acids is 1. The molecule has 2 aromatic rings. The highest BCUT2D eigenvalue weighted by Crippen LogP contribution is 2.45. The van der Waals surface area contributed by atoms with Crippen molar-refractivity contribution in [2.24, 2.45) is 17.0 Å². The number of nitrogens with zero attached hydrogens (tertiary/aromatic N) is 1. The zero-order chi connectivity index (χ0) is 25.3. The van der Waals surface area contributed by atoms with Crippen molar-refractivity contribution in [1.29, 1.82) is 0 Å². The molecular formula is C23H24Br2N2O7S. The molecule has 4 atom stereocenters. The van der Waals surface area contributed by atoms with Crippen molar-refractivity contribution >= 4 is 54.1 Å². The van der Waals surface area contributed by atoms with Crippen LogP contribution in [0.3, 0.4) is 0 Å². The van der Waals surface area contributed by atoms with Crippen LogP contribution >= 0.6 is 31.9 Å². The first-order valence-electron chi connectivity index (χ1n) is 11.0. The number of carbonyl (C=O) groups is 1. The van der Waals surface area contributed by atoms with Crippen molar-refractivity contribution in [1.82, 2.24) is 4.72 Å². The minimum absolute atomic E-state index is 0.109. The van der Waals surface area contributed by atoms with E-state index in [-0.39, 0.29) is 22.4 Å². The second-order valence-corrected chi connectivity index (χ2v) is 12.2. The molecule has 0 amide bonds. The third kappa shape index (κ3) is 5.99. The van der Waals surface area contributed by atoms with Crippen LogP contribution in [-0.2, 0) is 19.7 Å². The minimum atomic E-state index is -3.94. The zero-order valence-corrected chi connectivity index (χ0v) is 22.6. The first-order chi connectivity index (χ1) is 16.5. The van der Waals surface area contributed by atoms with E-state index in [4.69, 9.17) is 14.7 Å². The van der Waals surface area contributed by atoms with E-state index in [9.17, 15) is 18.3 Å². The van der Waals surface area contributed by atoms with Gasteiger partial charge in [0, 0.05) is 12.1 Å². The molecule has 4 rings (SSSR count). The number of carboxylic acids is 1. The van der Waals surface area contributed by atoms with Gasteiger partial charge in [0.25, 0.3) is 0 Å². The fraction of sp³-hybridized carbons (Fsp3) is 0.391. The highest BCUT2D eigenvalue weighted by molar-refractivity contribution is 9.11. The maximum absolute atomic E-state index is 13.1. The van der Waals surface area contributed by atoms with Gasteiger partial charge in [0.2, 0.25) is 16.1 Å². The lowest BCUT2D eigenvalue weighted by Gasteiger charge is -2.23. The monoisotopic (exact) mass is 630 g/mol. The average Bonchev–Trinajstić information content (AvgIpc) is 3.40. The molecule has 0 aromatic heterocycles. The Kier molecular flexibility index (Phi) is 7.74. The Morgan fingerprint density at radius 1 is 1.20 bits per heavy atom. The van der Waals surface area contributed by atoms with Crippen LogP contribution in [0.25, 0.3) is 0 Å². The van der Waals surface area contributed by atoms with Gasteiger partial charge in [-0.2, -0.15) is 0 Å². The molecule has 0 radical (unpaired) electrons. The van der Waals surface area contributed by atoms with E-state index in [1.807, 2.05) is 0 Å². The van der Waals surface area contributed by atoms with Gasteiger partial charge in [-0.15, -0.1) is 0 Å². The number of rotatable bonds is 9. The van der Waals surface area contributed by atoms with E-state index in [0.717, 1.165) is 25.7 Å². The van der Waals surface area contributed by atoms with Crippen LogP contribution in [0.2, 0.25) is 0 Å². The number of halogens is 2. The fourth-order valence-corrected chi connectivity index (χ4v) is 7.33. The van der Waals surface area contributed by atoms with Crippen molar-refractivity contribution in [2.45, 2.75) is 49.6 Å². The lowest BCUT2D eigenvalue weighted by Crippen LogP contribution is -2.38. The number of ether oxygens (including phenoxy) is 1. The third-order valence-electron chi connectivity index (χ3n) is 6.27. The maximum Gasteiger partial charge on any atom is 0.347 e. The molecule has 3 N–H and O–H groups in total. The lowest BCUT2D eigenvalue weighted by atomic mass is 9.96. The van der Waals surface area contributed by atoms with Crippen LogP contribution < -0.4 is 9.46 Å². The highest BCUT2D eigenvalue weighted by atomic mass is 79.9. The molecule has 2 aliphatic carbocycles. The number of phenols is 1. The first kappa shape index (κ1) is 25.9. The van der Waals surface area contributed by atoms with Crippen LogP contribution in [0, 0.1) is 11.8 Å². The summed E-state index contributed by atoms with van der Waals surface area (Å²) in [5, 5.41) is 22.8. The molecule has 2 aliphatic rings. The van der Waals surface area contributed by atoms with Gasteiger partial charge in [0.1, 0.15) is 16.4 Å². The molecule has 2 bridgehead atoms. The van der Waals surface area contributed by atoms with E-state index >= 15 is 0 Å². The molecule has 9 nitrogen and oxygen atoms in total. The summed E-state index contributed by atoms with van der Waals surface area (Å²) in [7, 11) is -3.94. The van der Waals surface area contributed by atoms with Crippen LogP contribution in [-0.4, -0.2) is 43.0 Å². The molecule has 0 aliphatic heterocycles. The first-order valence-corrected chi connectivity index (χ1v) is 14.0. The Morgan fingerprint density at radius 3 is 2.51 bits per heavy atom. The van der Waals surface area contributed by atoms with Crippen molar-refractivity contribution in [3.05, 3.63) is 44.8 Å². The minimum Gasteiger partial charge on any atom is -0.507 e. The van der Waals surface area contributed by atoms with Crippen LogP contribution in [0.5, 0.6) is 17.2 Å². The van der Waals surface area contributed by atoms with Gasteiger partial charge in [0.05, 0.1) is 15.2 Å². The number of nitrogens with one attached hydrogen (secondary N) is 1. The van der Waals surface area contributed by atoms with E-state index < -0.39 is 22.1 Å². The van der Waals surface area contributed by atoms with Crippen molar-refractivity contribution in [3.63, 3.8) is 0 Å². The predicted molar refractivity (Wildman–Crippen MR) is 135 cm³/mol. The number of phenolic OH excluding ortho intramolecular Hbond substituents is 1. The molecule has 35 heavy (non-hydrogen) atoms. The zero-order valence-electron chi connectivity index (χ0n) is 18.6. The number of benzene rings is 2. The molecule has 0 spiro atoms. The Morgan fingerprint density at radius 2 is 1.91 bits per heavy atom.